The average Bonchev–Trinajstić information content (AvgIpc) is 2.55. The highest BCUT2D eigenvalue weighted by Crippen LogP contribution is 2.18. The summed E-state index contributed by atoms with van der Waals surface area (Å²) in [6.07, 6.45) is 0.420. The van der Waals surface area contributed by atoms with Crippen molar-refractivity contribution < 1.29 is 17.9 Å². The van der Waals surface area contributed by atoms with Gasteiger partial charge in [0.05, 0.1) is 19.5 Å². The largest absolute Gasteiger partial charge is 0.497 e. The Kier molecular flexibility index (Phi) is 5.87. The molecule has 2 rings (SSSR count). The highest BCUT2D eigenvalue weighted by molar-refractivity contribution is 7.92. The molecule has 0 saturated heterocycles. The summed E-state index contributed by atoms with van der Waals surface area (Å²) in [6.45, 7) is 2.47. The Bertz CT molecular complexity index is 727. The molecule has 0 aliphatic heterocycles. The first-order valence-electron chi connectivity index (χ1n) is 7.38. The summed E-state index contributed by atoms with van der Waals surface area (Å²) in [5.41, 5.74) is 1.44. The van der Waals surface area contributed by atoms with Crippen LogP contribution in [0.15, 0.2) is 48.5 Å². The van der Waals surface area contributed by atoms with Gasteiger partial charge >= 0.3 is 0 Å². The first-order chi connectivity index (χ1) is 11.0. The molecular formula is C17H21NO4S. The van der Waals surface area contributed by atoms with Crippen molar-refractivity contribution in [3.05, 3.63) is 54.1 Å². The van der Waals surface area contributed by atoms with Crippen molar-refractivity contribution in [2.24, 2.45) is 0 Å². The number of aryl methyl sites for hydroxylation is 1. The van der Waals surface area contributed by atoms with Crippen LogP contribution in [-0.2, 0) is 16.4 Å². The van der Waals surface area contributed by atoms with E-state index in [1.807, 2.05) is 31.2 Å². The van der Waals surface area contributed by atoms with E-state index in [0.717, 1.165) is 11.3 Å². The zero-order valence-corrected chi connectivity index (χ0v) is 14.1. The number of sulfonamides is 1. The minimum absolute atomic E-state index is 0.00732. The lowest BCUT2D eigenvalue weighted by Crippen LogP contribution is -2.18. The van der Waals surface area contributed by atoms with Crippen molar-refractivity contribution >= 4 is 15.7 Å². The van der Waals surface area contributed by atoms with Gasteiger partial charge in [0.1, 0.15) is 11.5 Å². The maximum absolute atomic E-state index is 12.2. The number of benzene rings is 2. The van der Waals surface area contributed by atoms with Crippen molar-refractivity contribution in [1.82, 2.24) is 0 Å². The average molecular weight is 335 g/mol. The van der Waals surface area contributed by atoms with Crippen molar-refractivity contribution in [2.45, 2.75) is 13.3 Å². The Morgan fingerprint density at radius 2 is 1.78 bits per heavy atom. The van der Waals surface area contributed by atoms with Crippen molar-refractivity contribution in [2.75, 3.05) is 24.2 Å². The first kappa shape index (κ1) is 17.1. The minimum Gasteiger partial charge on any atom is -0.497 e. The molecule has 0 bridgehead atoms. The molecule has 0 fully saturated rings. The summed E-state index contributed by atoms with van der Waals surface area (Å²) in [7, 11) is -1.82. The SMILES string of the molecule is CCOc1ccc(NS(=O)(=O)CCc2cccc(OC)c2)cc1. The van der Waals surface area contributed by atoms with Crippen LogP contribution in [0, 0.1) is 0 Å². The molecule has 5 nitrogen and oxygen atoms in total. The molecule has 2 aromatic carbocycles. The molecule has 0 amide bonds. The van der Waals surface area contributed by atoms with E-state index < -0.39 is 10.0 Å². The molecule has 0 aromatic heterocycles. The van der Waals surface area contributed by atoms with Gasteiger partial charge in [-0.3, -0.25) is 4.72 Å². The molecule has 0 aliphatic rings. The van der Waals surface area contributed by atoms with Crippen LogP contribution in [0.25, 0.3) is 0 Å². The third-order valence-corrected chi connectivity index (χ3v) is 4.52. The molecule has 0 unspecified atom stereocenters. The van der Waals surface area contributed by atoms with Gasteiger partial charge in [0.2, 0.25) is 10.0 Å². The van der Waals surface area contributed by atoms with Gasteiger partial charge in [0, 0.05) is 5.69 Å². The number of rotatable bonds is 8. The van der Waals surface area contributed by atoms with E-state index in [9.17, 15) is 8.42 Å². The van der Waals surface area contributed by atoms with Gasteiger partial charge in [-0.05, 0) is 55.3 Å². The number of hydrogen-bond acceptors (Lipinski definition) is 4. The zero-order chi connectivity index (χ0) is 16.7. The molecule has 0 atom stereocenters. The van der Waals surface area contributed by atoms with E-state index >= 15 is 0 Å². The van der Waals surface area contributed by atoms with Crippen molar-refractivity contribution in [1.29, 1.82) is 0 Å². The summed E-state index contributed by atoms with van der Waals surface area (Å²) >= 11 is 0. The van der Waals surface area contributed by atoms with Crippen molar-refractivity contribution in [3.8, 4) is 11.5 Å². The van der Waals surface area contributed by atoms with Gasteiger partial charge < -0.3 is 9.47 Å². The van der Waals surface area contributed by atoms with Gasteiger partial charge in [-0.1, -0.05) is 12.1 Å². The number of nitrogens with one attached hydrogen (secondary N) is 1. The molecule has 0 heterocycles. The number of ether oxygens (including phenoxy) is 2. The Morgan fingerprint density at radius 1 is 1.04 bits per heavy atom. The predicted molar refractivity (Wildman–Crippen MR) is 91.7 cm³/mol. The second kappa shape index (κ2) is 7.87. The zero-order valence-electron chi connectivity index (χ0n) is 13.3. The smallest absolute Gasteiger partial charge is 0.233 e. The Hall–Kier alpha value is -2.21. The fraction of sp³-hybridized carbons (Fsp3) is 0.294. The van der Waals surface area contributed by atoms with Crippen LogP contribution in [0.4, 0.5) is 5.69 Å². The molecule has 1 N–H and O–H groups in total. The summed E-state index contributed by atoms with van der Waals surface area (Å²) in [5, 5.41) is 0. The van der Waals surface area contributed by atoms with E-state index in [4.69, 9.17) is 9.47 Å². The third kappa shape index (κ3) is 5.49. The molecule has 0 aliphatic carbocycles. The molecule has 6 heteroatoms. The summed E-state index contributed by atoms with van der Waals surface area (Å²) in [5.74, 6) is 1.44. The van der Waals surface area contributed by atoms with Crippen LogP contribution in [0.2, 0.25) is 0 Å². The fourth-order valence-electron chi connectivity index (χ4n) is 2.10. The summed E-state index contributed by atoms with van der Waals surface area (Å²) in [6, 6.07) is 14.3. The standard InChI is InChI=1S/C17H21NO4S/c1-3-22-16-9-7-15(8-10-16)18-23(19,20)12-11-14-5-4-6-17(13-14)21-2/h4-10,13,18H,3,11-12H2,1-2H3. The predicted octanol–water partition coefficient (Wildman–Crippen LogP) is 3.08. The monoisotopic (exact) mass is 335 g/mol. The second-order valence-electron chi connectivity index (χ2n) is 4.98. The molecule has 0 saturated carbocycles. The molecule has 124 valence electrons. The maximum Gasteiger partial charge on any atom is 0.233 e. The quantitative estimate of drug-likeness (QED) is 0.805. The molecule has 0 radical (unpaired) electrons. The van der Waals surface area contributed by atoms with Gasteiger partial charge in [-0.15, -0.1) is 0 Å². The first-order valence-corrected chi connectivity index (χ1v) is 9.04. The van der Waals surface area contributed by atoms with Gasteiger partial charge in [0.25, 0.3) is 0 Å². The van der Waals surface area contributed by atoms with E-state index in [1.54, 1.807) is 31.4 Å². The van der Waals surface area contributed by atoms with Crippen LogP contribution in [-0.4, -0.2) is 27.9 Å². The highest BCUT2D eigenvalue weighted by Gasteiger charge is 2.11. The normalized spacial score (nSPS) is 11.0. The lowest BCUT2D eigenvalue weighted by molar-refractivity contribution is 0.340. The molecule has 23 heavy (non-hydrogen) atoms. The van der Waals surface area contributed by atoms with Gasteiger partial charge in [-0.2, -0.15) is 0 Å². The molecule has 0 spiro atoms. The van der Waals surface area contributed by atoms with E-state index in [0.29, 0.717) is 24.5 Å². The van der Waals surface area contributed by atoms with Crippen LogP contribution >= 0.6 is 0 Å². The number of methoxy groups -OCH3 is 1. The summed E-state index contributed by atoms with van der Waals surface area (Å²) in [4.78, 5) is 0. The highest BCUT2D eigenvalue weighted by atomic mass is 32.2. The minimum atomic E-state index is -3.41. The maximum atomic E-state index is 12.2. The molecular weight excluding hydrogens is 314 g/mol. The lowest BCUT2D eigenvalue weighted by atomic mass is 10.2. The Labute approximate surface area is 137 Å². The van der Waals surface area contributed by atoms with Crippen LogP contribution in [0.3, 0.4) is 0 Å². The topological polar surface area (TPSA) is 64.6 Å². The lowest BCUT2D eigenvalue weighted by Gasteiger charge is -2.09. The summed E-state index contributed by atoms with van der Waals surface area (Å²) < 4.78 is 37.4. The second-order valence-corrected chi connectivity index (χ2v) is 6.82. The number of hydrogen-bond donors (Lipinski definition) is 1. The third-order valence-electron chi connectivity index (χ3n) is 3.23. The van der Waals surface area contributed by atoms with E-state index in [-0.39, 0.29) is 5.75 Å². The van der Waals surface area contributed by atoms with Gasteiger partial charge in [0.15, 0.2) is 0 Å². The molecule has 2 aromatic rings. The Balaban J connectivity index is 1.95. The van der Waals surface area contributed by atoms with Crippen LogP contribution < -0.4 is 14.2 Å². The van der Waals surface area contributed by atoms with E-state index in [2.05, 4.69) is 4.72 Å². The van der Waals surface area contributed by atoms with E-state index in [1.165, 1.54) is 0 Å². The van der Waals surface area contributed by atoms with Crippen LogP contribution in [0.5, 0.6) is 11.5 Å². The fourth-order valence-corrected chi connectivity index (χ4v) is 3.20. The van der Waals surface area contributed by atoms with Crippen LogP contribution in [0.1, 0.15) is 12.5 Å². The number of anilines is 1. The van der Waals surface area contributed by atoms with Gasteiger partial charge in [-0.25, -0.2) is 8.42 Å². The Morgan fingerprint density at radius 3 is 2.43 bits per heavy atom. The van der Waals surface area contributed by atoms with Crippen molar-refractivity contribution in [3.63, 3.8) is 0 Å².